The summed E-state index contributed by atoms with van der Waals surface area (Å²) in [5, 5.41) is 10.1. The van der Waals surface area contributed by atoms with Crippen LogP contribution in [0.25, 0.3) is 5.65 Å². The molecule has 0 unspecified atom stereocenters. The van der Waals surface area contributed by atoms with Crippen molar-refractivity contribution in [3.05, 3.63) is 41.6 Å². The third kappa shape index (κ3) is 4.25. The van der Waals surface area contributed by atoms with Gasteiger partial charge < -0.3 is 19.5 Å². The number of nitrogens with zero attached hydrogens (tertiary/aromatic N) is 3. The largest absolute Gasteiger partial charge is 0.493 e. The van der Waals surface area contributed by atoms with E-state index in [2.05, 4.69) is 20.7 Å². The van der Waals surface area contributed by atoms with Gasteiger partial charge in [0, 0.05) is 6.54 Å². The Hall–Kier alpha value is -3.49. The van der Waals surface area contributed by atoms with E-state index >= 15 is 0 Å². The topological polar surface area (TPSA) is 99.0 Å². The highest BCUT2D eigenvalue weighted by atomic mass is 16.5. The third-order valence-electron chi connectivity index (χ3n) is 4.05. The van der Waals surface area contributed by atoms with Crippen LogP contribution in [0.2, 0.25) is 0 Å². The Bertz CT molecular complexity index is 986. The van der Waals surface area contributed by atoms with Crippen molar-refractivity contribution in [2.45, 2.75) is 20.4 Å². The Morgan fingerprint density at radius 1 is 1.18 bits per heavy atom. The van der Waals surface area contributed by atoms with Gasteiger partial charge in [-0.25, -0.2) is 9.31 Å². The number of fused-ring (bicyclic) bond motifs is 1. The summed E-state index contributed by atoms with van der Waals surface area (Å²) in [6.45, 7) is 4.54. The molecule has 9 nitrogen and oxygen atoms in total. The zero-order chi connectivity index (χ0) is 20.1. The van der Waals surface area contributed by atoms with E-state index in [1.54, 1.807) is 25.7 Å². The zero-order valence-electron chi connectivity index (χ0n) is 16.3. The third-order valence-corrected chi connectivity index (χ3v) is 4.05. The summed E-state index contributed by atoms with van der Waals surface area (Å²) in [5.74, 6) is 1.56. The summed E-state index contributed by atoms with van der Waals surface area (Å²) in [5.41, 5.74) is 3.48. The lowest BCUT2D eigenvalue weighted by molar-refractivity contribution is 0.167. The summed E-state index contributed by atoms with van der Waals surface area (Å²) >= 11 is 0. The van der Waals surface area contributed by atoms with Gasteiger partial charge in [-0.2, -0.15) is 4.98 Å². The second kappa shape index (κ2) is 8.47. The molecule has 9 heteroatoms. The molecule has 3 rings (SSSR count). The number of anilines is 2. The Morgan fingerprint density at radius 2 is 1.96 bits per heavy atom. The van der Waals surface area contributed by atoms with Crippen molar-refractivity contribution in [1.29, 1.82) is 0 Å². The number of aromatic nitrogens is 3. The predicted octanol–water partition coefficient (Wildman–Crippen LogP) is 3.24. The monoisotopic (exact) mass is 385 g/mol. The highest BCUT2D eigenvalue weighted by Crippen LogP contribution is 2.28. The van der Waals surface area contributed by atoms with Gasteiger partial charge in [0.2, 0.25) is 0 Å². The number of benzene rings is 1. The molecule has 2 N–H and O–H groups in total. The predicted molar refractivity (Wildman–Crippen MR) is 105 cm³/mol. The molecular formula is C19H23N5O4. The highest BCUT2D eigenvalue weighted by molar-refractivity contribution is 5.82. The number of ether oxygens (including phenoxy) is 3. The fraction of sp³-hybridized carbons (Fsp3) is 0.316. The number of pyridine rings is 1. The number of amides is 1. The van der Waals surface area contributed by atoms with Crippen molar-refractivity contribution in [2.24, 2.45) is 0 Å². The Labute approximate surface area is 162 Å². The van der Waals surface area contributed by atoms with Gasteiger partial charge in [0.25, 0.3) is 5.95 Å². The van der Waals surface area contributed by atoms with Crippen molar-refractivity contribution in [2.75, 3.05) is 31.5 Å². The molecule has 0 spiro atoms. The highest BCUT2D eigenvalue weighted by Gasteiger charge is 2.11. The number of hydrogen-bond acceptors (Lipinski definition) is 7. The molecule has 2 aromatic heterocycles. The van der Waals surface area contributed by atoms with Crippen LogP contribution in [0.15, 0.2) is 30.5 Å². The van der Waals surface area contributed by atoms with Crippen LogP contribution in [0.5, 0.6) is 11.5 Å². The van der Waals surface area contributed by atoms with Crippen LogP contribution >= 0.6 is 0 Å². The maximum absolute atomic E-state index is 11.5. The maximum atomic E-state index is 11.5. The molecule has 0 saturated carbocycles. The molecule has 2 heterocycles. The number of carbonyl (C=O) groups is 1. The molecule has 0 aliphatic carbocycles. The first-order valence-corrected chi connectivity index (χ1v) is 8.79. The fourth-order valence-electron chi connectivity index (χ4n) is 2.75. The van der Waals surface area contributed by atoms with Crippen molar-refractivity contribution in [1.82, 2.24) is 14.6 Å². The molecule has 0 saturated heterocycles. The van der Waals surface area contributed by atoms with E-state index in [0.717, 1.165) is 16.8 Å². The molecule has 0 atom stereocenters. The van der Waals surface area contributed by atoms with Gasteiger partial charge in [-0.3, -0.25) is 5.32 Å². The van der Waals surface area contributed by atoms with E-state index in [4.69, 9.17) is 14.2 Å². The molecule has 1 aromatic carbocycles. The number of rotatable bonds is 7. The van der Waals surface area contributed by atoms with Crippen LogP contribution in [0.1, 0.15) is 18.1 Å². The van der Waals surface area contributed by atoms with E-state index in [0.29, 0.717) is 23.7 Å². The molecule has 0 radical (unpaired) electrons. The molecule has 28 heavy (non-hydrogen) atoms. The van der Waals surface area contributed by atoms with Crippen molar-refractivity contribution in [3.8, 4) is 11.5 Å². The van der Waals surface area contributed by atoms with E-state index in [9.17, 15) is 4.79 Å². The maximum Gasteiger partial charge on any atom is 0.414 e. The minimum atomic E-state index is -0.581. The SMILES string of the molecule is CCOC(=O)Nc1nc2c(C)cc(NCc3ccc(OC)c(OC)c3)cn2n1. The number of carbonyl (C=O) groups excluding carboxylic acids is 1. The van der Waals surface area contributed by atoms with E-state index in [1.165, 1.54) is 0 Å². The van der Waals surface area contributed by atoms with Gasteiger partial charge in [0.05, 0.1) is 32.7 Å². The Morgan fingerprint density at radius 3 is 2.68 bits per heavy atom. The number of nitrogens with one attached hydrogen (secondary N) is 2. The standard InChI is InChI=1S/C19H23N5O4/c1-5-28-19(25)22-18-21-17-12(2)8-14(11-24(17)23-18)20-10-13-6-7-15(26-3)16(9-13)27-4/h6-9,11,20H,5,10H2,1-4H3,(H,22,23,25). The second-order valence-electron chi connectivity index (χ2n) is 6.00. The smallest absolute Gasteiger partial charge is 0.414 e. The van der Waals surface area contributed by atoms with Gasteiger partial charge in [-0.15, -0.1) is 5.10 Å². The van der Waals surface area contributed by atoms with Crippen LogP contribution in [0, 0.1) is 6.92 Å². The molecular weight excluding hydrogens is 362 g/mol. The summed E-state index contributed by atoms with van der Waals surface area (Å²) in [6.07, 6.45) is 1.23. The summed E-state index contributed by atoms with van der Waals surface area (Å²) in [7, 11) is 3.22. The van der Waals surface area contributed by atoms with Gasteiger partial charge >= 0.3 is 6.09 Å². The number of hydrogen-bond donors (Lipinski definition) is 2. The first-order valence-electron chi connectivity index (χ1n) is 8.79. The van der Waals surface area contributed by atoms with Crippen LogP contribution in [0.3, 0.4) is 0 Å². The molecule has 148 valence electrons. The van der Waals surface area contributed by atoms with E-state index in [-0.39, 0.29) is 12.6 Å². The zero-order valence-corrected chi connectivity index (χ0v) is 16.3. The van der Waals surface area contributed by atoms with Crippen LogP contribution in [-0.2, 0) is 11.3 Å². The summed E-state index contributed by atoms with van der Waals surface area (Å²) < 4.78 is 17.1. The quantitative estimate of drug-likeness (QED) is 0.644. The molecule has 0 bridgehead atoms. The van der Waals surface area contributed by atoms with E-state index in [1.807, 2.05) is 37.4 Å². The van der Waals surface area contributed by atoms with Crippen molar-refractivity contribution in [3.63, 3.8) is 0 Å². The Balaban J connectivity index is 1.75. The average molecular weight is 385 g/mol. The molecule has 0 fully saturated rings. The Kier molecular flexibility index (Phi) is 5.83. The lowest BCUT2D eigenvalue weighted by Crippen LogP contribution is -2.14. The molecule has 1 amide bonds. The van der Waals surface area contributed by atoms with Gasteiger partial charge in [0.1, 0.15) is 0 Å². The van der Waals surface area contributed by atoms with Gasteiger partial charge in [0.15, 0.2) is 17.1 Å². The normalized spacial score (nSPS) is 10.6. The molecule has 0 aliphatic rings. The van der Waals surface area contributed by atoms with Crippen LogP contribution in [-0.4, -0.2) is 41.5 Å². The lowest BCUT2D eigenvalue weighted by Gasteiger charge is -2.11. The summed E-state index contributed by atoms with van der Waals surface area (Å²) in [6, 6.07) is 7.73. The minimum Gasteiger partial charge on any atom is -0.493 e. The van der Waals surface area contributed by atoms with Crippen LogP contribution < -0.4 is 20.1 Å². The average Bonchev–Trinajstić information content (AvgIpc) is 3.09. The first-order chi connectivity index (χ1) is 13.5. The second-order valence-corrected chi connectivity index (χ2v) is 6.00. The number of aryl methyl sites for hydroxylation is 1. The van der Waals surface area contributed by atoms with Gasteiger partial charge in [-0.1, -0.05) is 6.07 Å². The van der Waals surface area contributed by atoms with Crippen molar-refractivity contribution < 1.29 is 19.0 Å². The van der Waals surface area contributed by atoms with Gasteiger partial charge in [-0.05, 0) is 43.2 Å². The fourth-order valence-corrected chi connectivity index (χ4v) is 2.75. The summed E-state index contributed by atoms with van der Waals surface area (Å²) in [4.78, 5) is 15.9. The van der Waals surface area contributed by atoms with Crippen molar-refractivity contribution >= 4 is 23.4 Å². The first kappa shape index (κ1) is 19.3. The van der Waals surface area contributed by atoms with Crippen LogP contribution in [0.4, 0.5) is 16.4 Å². The molecule has 3 aromatic rings. The minimum absolute atomic E-state index is 0.193. The van der Waals surface area contributed by atoms with E-state index < -0.39 is 6.09 Å². The number of methoxy groups -OCH3 is 2. The lowest BCUT2D eigenvalue weighted by atomic mass is 10.2. The molecule has 0 aliphatic heterocycles.